The molecule has 2 saturated carbocycles. The molecule has 35 heavy (non-hydrogen) atoms. The Kier molecular flexibility index (Phi) is 9.46. The second kappa shape index (κ2) is 12.5. The van der Waals surface area contributed by atoms with Crippen molar-refractivity contribution in [3.05, 3.63) is 39.5 Å². The first-order valence-corrected chi connectivity index (χ1v) is 14.0. The minimum absolute atomic E-state index is 0.0119. The Labute approximate surface area is 221 Å². The van der Waals surface area contributed by atoms with Gasteiger partial charge in [-0.15, -0.1) is 0 Å². The number of nitrogens with one attached hydrogen (secondary N) is 1. The van der Waals surface area contributed by atoms with Crippen molar-refractivity contribution in [1.82, 2.24) is 10.2 Å². The van der Waals surface area contributed by atoms with Crippen LogP contribution in [-0.4, -0.2) is 64.9 Å². The maximum absolute atomic E-state index is 13.6. The first-order valence-electron chi connectivity index (χ1n) is 13.0. The predicted molar refractivity (Wildman–Crippen MR) is 142 cm³/mol. The van der Waals surface area contributed by atoms with Crippen molar-refractivity contribution in [2.75, 3.05) is 19.7 Å². The number of para-hydroxylation sites is 1. The van der Waals surface area contributed by atoms with Crippen LogP contribution in [0, 0.1) is 15.4 Å². The third kappa shape index (κ3) is 6.57. The van der Waals surface area contributed by atoms with Gasteiger partial charge in [-0.3, -0.25) is 9.59 Å². The van der Waals surface area contributed by atoms with E-state index in [0.29, 0.717) is 23.8 Å². The number of halogens is 1. The second-order valence-electron chi connectivity index (χ2n) is 10.1. The molecule has 3 atom stereocenters. The molecule has 3 aliphatic carbocycles. The Morgan fingerprint density at radius 1 is 1.09 bits per heavy atom. The van der Waals surface area contributed by atoms with Crippen molar-refractivity contribution < 1.29 is 24.5 Å². The Morgan fingerprint density at radius 2 is 1.83 bits per heavy atom. The molecule has 1 aromatic carbocycles. The number of hydrogen-bond donors (Lipinski definition) is 3. The fourth-order valence-electron chi connectivity index (χ4n) is 5.39. The Balaban J connectivity index is 1.62. The zero-order valence-corrected chi connectivity index (χ0v) is 22.4. The van der Waals surface area contributed by atoms with Gasteiger partial charge in [-0.25, -0.2) is 0 Å². The summed E-state index contributed by atoms with van der Waals surface area (Å²) in [7, 11) is 0. The Morgan fingerprint density at radius 3 is 2.49 bits per heavy atom. The van der Waals surface area contributed by atoms with Gasteiger partial charge >= 0.3 is 0 Å². The summed E-state index contributed by atoms with van der Waals surface area (Å²) in [5.74, 6) is 0.884. The van der Waals surface area contributed by atoms with Crippen molar-refractivity contribution in [3.63, 3.8) is 0 Å². The number of ether oxygens (including phenoxy) is 1. The first kappa shape index (κ1) is 26.4. The lowest BCUT2D eigenvalue weighted by molar-refractivity contribution is -0.146. The Hall–Kier alpha value is -1.65. The van der Waals surface area contributed by atoms with Gasteiger partial charge in [0, 0.05) is 31.0 Å². The summed E-state index contributed by atoms with van der Waals surface area (Å²) in [5.41, 5.74) is 0.486. The summed E-state index contributed by atoms with van der Waals surface area (Å²) in [6, 6.07) is 7.03. The van der Waals surface area contributed by atoms with Crippen LogP contribution >= 0.6 is 22.6 Å². The van der Waals surface area contributed by atoms with Crippen LogP contribution in [0.2, 0.25) is 0 Å². The summed E-state index contributed by atoms with van der Waals surface area (Å²) < 4.78 is 7.14. The van der Waals surface area contributed by atoms with Crippen molar-refractivity contribution >= 4 is 34.4 Å². The molecule has 0 aliphatic heterocycles. The molecule has 192 valence electrons. The highest BCUT2D eigenvalue weighted by Crippen LogP contribution is 2.35. The van der Waals surface area contributed by atoms with E-state index in [4.69, 9.17) is 4.74 Å². The van der Waals surface area contributed by atoms with Gasteiger partial charge in [0.15, 0.2) is 0 Å². The summed E-state index contributed by atoms with van der Waals surface area (Å²) in [6.07, 6.45) is 8.88. The normalized spacial score (nSPS) is 25.3. The average Bonchev–Trinajstić information content (AvgIpc) is 2.83. The van der Waals surface area contributed by atoms with Gasteiger partial charge in [0.25, 0.3) is 0 Å². The third-order valence-electron chi connectivity index (χ3n) is 7.63. The predicted octanol–water partition coefficient (Wildman–Crippen LogP) is 3.42. The summed E-state index contributed by atoms with van der Waals surface area (Å²) >= 11 is 2.19. The minimum atomic E-state index is -0.951. The number of nitrogens with zero attached hydrogens (tertiary/aromatic N) is 1. The number of aliphatic hydroxyl groups excluding tert-OH is 2. The van der Waals surface area contributed by atoms with Crippen LogP contribution in [0.15, 0.2) is 35.9 Å². The van der Waals surface area contributed by atoms with Crippen LogP contribution in [0.3, 0.4) is 0 Å². The van der Waals surface area contributed by atoms with Crippen LogP contribution in [0.25, 0.3) is 0 Å². The monoisotopic (exact) mass is 596 g/mol. The maximum atomic E-state index is 13.6. The van der Waals surface area contributed by atoms with Crippen LogP contribution in [-0.2, 0) is 9.59 Å². The second-order valence-corrected chi connectivity index (χ2v) is 11.2. The van der Waals surface area contributed by atoms with E-state index >= 15 is 0 Å². The molecular weight excluding hydrogens is 559 g/mol. The molecule has 0 spiro atoms. The molecule has 4 rings (SSSR count). The van der Waals surface area contributed by atoms with Gasteiger partial charge in [0.05, 0.1) is 16.2 Å². The number of rotatable bonds is 9. The molecule has 0 radical (unpaired) electrons. The highest BCUT2D eigenvalue weighted by Gasteiger charge is 2.43. The minimum Gasteiger partial charge on any atom is -0.482 e. The van der Waals surface area contributed by atoms with E-state index in [9.17, 15) is 19.8 Å². The van der Waals surface area contributed by atoms with Gasteiger partial charge in [0.1, 0.15) is 18.0 Å². The van der Waals surface area contributed by atoms with Gasteiger partial charge < -0.3 is 25.2 Å². The van der Waals surface area contributed by atoms with E-state index in [1.54, 1.807) is 6.08 Å². The fourth-order valence-corrected chi connectivity index (χ4v) is 5.91. The molecular formula is C27H37IN2O5. The van der Waals surface area contributed by atoms with Crippen molar-refractivity contribution in [2.24, 2.45) is 11.8 Å². The topological polar surface area (TPSA) is 99.1 Å². The number of hydrogen-bond acceptors (Lipinski definition) is 5. The van der Waals surface area contributed by atoms with Crippen LogP contribution in [0.5, 0.6) is 5.75 Å². The first-order chi connectivity index (χ1) is 17.0. The smallest absolute Gasteiger partial charge is 0.247 e. The SMILES string of the molecule is O=C(NCCO)C1=CC(Oc2ccccc2I)C(O)C(N(CC2CCCCC2)C(=O)C2CCC2)C1. The van der Waals surface area contributed by atoms with E-state index in [1.165, 1.54) is 19.3 Å². The van der Waals surface area contributed by atoms with Gasteiger partial charge in [-0.05, 0) is 72.4 Å². The number of carbonyl (C=O) groups excluding carboxylic acids is 2. The largest absolute Gasteiger partial charge is 0.482 e. The zero-order valence-electron chi connectivity index (χ0n) is 20.2. The molecule has 0 aromatic heterocycles. The molecule has 0 heterocycles. The van der Waals surface area contributed by atoms with Gasteiger partial charge in [0.2, 0.25) is 11.8 Å². The summed E-state index contributed by atoms with van der Waals surface area (Å²) in [5, 5.41) is 23.4. The maximum Gasteiger partial charge on any atom is 0.247 e. The van der Waals surface area contributed by atoms with Crippen molar-refractivity contribution in [3.8, 4) is 5.75 Å². The Bertz CT molecular complexity index is 913. The van der Waals surface area contributed by atoms with Crippen molar-refractivity contribution in [2.45, 2.75) is 76.0 Å². The molecule has 0 saturated heterocycles. The highest BCUT2D eigenvalue weighted by molar-refractivity contribution is 14.1. The molecule has 1 aromatic rings. The van der Waals surface area contributed by atoms with Crippen LogP contribution in [0.1, 0.15) is 57.8 Å². The highest BCUT2D eigenvalue weighted by atomic mass is 127. The molecule has 3 unspecified atom stereocenters. The van der Waals surface area contributed by atoms with E-state index in [-0.39, 0.29) is 37.3 Å². The molecule has 0 bridgehead atoms. The molecule has 2 fully saturated rings. The summed E-state index contributed by atoms with van der Waals surface area (Å²) in [4.78, 5) is 28.4. The van der Waals surface area contributed by atoms with E-state index in [1.807, 2.05) is 29.2 Å². The van der Waals surface area contributed by atoms with E-state index < -0.39 is 18.2 Å². The number of aliphatic hydroxyl groups is 2. The van der Waals surface area contributed by atoms with Crippen LogP contribution in [0.4, 0.5) is 0 Å². The van der Waals surface area contributed by atoms with Crippen molar-refractivity contribution in [1.29, 1.82) is 0 Å². The number of amides is 2. The van der Waals surface area contributed by atoms with Gasteiger partial charge in [-0.1, -0.05) is 37.8 Å². The van der Waals surface area contributed by atoms with Crippen LogP contribution < -0.4 is 10.1 Å². The lowest BCUT2D eigenvalue weighted by Gasteiger charge is -2.44. The quantitative estimate of drug-likeness (QED) is 0.380. The van der Waals surface area contributed by atoms with E-state index in [0.717, 1.165) is 35.7 Å². The molecule has 8 heteroatoms. The number of carbonyl (C=O) groups is 2. The molecule has 3 N–H and O–H groups in total. The van der Waals surface area contributed by atoms with Gasteiger partial charge in [-0.2, -0.15) is 0 Å². The molecule has 2 amide bonds. The zero-order chi connectivity index (χ0) is 24.8. The fraction of sp³-hybridized carbons (Fsp3) is 0.630. The summed E-state index contributed by atoms with van der Waals surface area (Å²) in [6.45, 7) is 0.623. The third-order valence-corrected chi connectivity index (χ3v) is 8.52. The number of benzene rings is 1. The molecule has 3 aliphatic rings. The lowest BCUT2D eigenvalue weighted by Crippen LogP contribution is -2.57. The lowest BCUT2D eigenvalue weighted by atomic mass is 9.81. The molecule has 7 nitrogen and oxygen atoms in total. The average molecular weight is 597 g/mol. The standard InChI is InChI=1S/C27H37IN2O5/c28-21-11-4-5-12-23(21)35-24-16-20(26(33)29-13-14-31)15-22(25(24)32)30(27(34)19-9-6-10-19)17-18-7-2-1-3-8-18/h4-5,11-12,16,18-19,22,24-25,31-32H,1-3,6-10,13-15,17H2,(H,29,33). The van der Waals surface area contributed by atoms with E-state index in [2.05, 4.69) is 27.9 Å².